The minimum absolute atomic E-state index is 0.145. The zero-order chi connectivity index (χ0) is 19.4. The average molecular weight is 454 g/mol. The van der Waals surface area contributed by atoms with E-state index in [1.165, 1.54) is 25.8 Å². The highest BCUT2D eigenvalue weighted by molar-refractivity contribution is 9.10. The molecule has 1 aliphatic heterocycles. The highest BCUT2D eigenvalue weighted by atomic mass is 79.9. The van der Waals surface area contributed by atoms with Gasteiger partial charge in [0.25, 0.3) is 0 Å². The maximum Gasteiger partial charge on any atom is 0.246 e. The van der Waals surface area contributed by atoms with Gasteiger partial charge in [0.1, 0.15) is 16.4 Å². The van der Waals surface area contributed by atoms with Gasteiger partial charge in [0, 0.05) is 19.2 Å². The maximum atomic E-state index is 13.2. The third-order valence-corrected chi connectivity index (χ3v) is 7.54. The van der Waals surface area contributed by atoms with Gasteiger partial charge in [0.05, 0.1) is 18.7 Å². The number of hydrogen-bond donors (Lipinski definition) is 0. The summed E-state index contributed by atoms with van der Waals surface area (Å²) in [6.07, 6.45) is 2.69. The minimum Gasteiger partial charge on any atom is -0.496 e. The molecular formula is C20H24BrNO4S. The third kappa shape index (κ3) is 4.47. The molecule has 1 saturated heterocycles. The Morgan fingerprint density at radius 1 is 1.04 bits per heavy atom. The average Bonchev–Trinajstić information content (AvgIpc) is 2.68. The Labute approximate surface area is 169 Å². The van der Waals surface area contributed by atoms with E-state index in [0.717, 1.165) is 19.3 Å². The van der Waals surface area contributed by atoms with Crippen LogP contribution in [0.1, 0.15) is 18.4 Å². The van der Waals surface area contributed by atoms with E-state index in [9.17, 15) is 8.42 Å². The molecule has 1 aliphatic rings. The summed E-state index contributed by atoms with van der Waals surface area (Å²) in [4.78, 5) is 0.145. The Bertz CT molecular complexity index is 878. The van der Waals surface area contributed by atoms with Crippen LogP contribution >= 0.6 is 15.9 Å². The number of hydrogen-bond acceptors (Lipinski definition) is 4. The quantitative estimate of drug-likeness (QED) is 0.660. The van der Waals surface area contributed by atoms with Crippen molar-refractivity contribution in [2.45, 2.75) is 24.2 Å². The van der Waals surface area contributed by atoms with Crippen LogP contribution in [0.3, 0.4) is 0 Å². The Kier molecular flexibility index (Phi) is 6.44. The monoisotopic (exact) mass is 453 g/mol. The summed E-state index contributed by atoms with van der Waals surface area (Å²) in [7, 11) is -0.659. The molecule has 27 heavy (non-hydrogen) atoms. The van der Waals surface area contributed by atoms with E-state index in [1.807, 2.05) is 18.2 Å². The normalized spacial score (nSPS) is 16.3. The van der Waals surface area contributed by atoms with Crippen molar-refractivity contribution < 1.29 is 17.9 Å². The molecule has 146 valence electrons. The number of nitrogens with zero attached hydrogens (tertiary/aromatic N) is 1. The van der Waals surface area contributed by atoms with Gasteiger partial charge >= 0.3 is 0 Å². The van der Waals surface area contributed by atoms with Crippen molar-refractivity contribution in [2.24, 2.45) is 5.92 Å². The fourth-order valence-corrected chi connectivity index (χ4v) is 5.58. The van der Waals surface area contributed by atoms with Crippen molar-refractivity contribution in [1.82, 2.24) is 4.31 Å². The molecule has 1 heterocycles. The molecule has 2 aromatic carbocycles. The molecular weight excluding hydrogens is 430 g/mol. The molecule has 0 radical (unpaired) electrons. The van der Waals surface area contributed by atoms with Crippen molar-refractivity contribution in [3.63, 3.8) is 0 Å². The van der Waals surface area contributed by atoms with Gasteiger partial charge in [-0.15, -0.1) is 0 Å². The number of benzene rings is 2. The van der Waals surface area contributed by atoms with Crippen LogP contribution in [0.15, 0.2) is 51.8 Å². The van der Waals surface area contributed by atoms with Gasteiger partial charge in [-0.25, -0.2) is 8.42 Å². The van der Waals surface area contributed by atoms with E-state index >= 15 is 0 Å². The zero-order valence-electron chi connectivity index (χ0n) is 15.5. The first kappa shape index (κ1) is 20.2. The number of halogens is 1. The lowest BCUT2D eigenvalue weighted by molar-refractivity contribution is 0.272. The molecule has 0 aromatic heterocycles. The molecule has 3 rings (SSSR count). The van der Waals surface area contributed by atoms with Crippen LogP contribution in [0.2, 0.25) is 0 Å². The lowest BCUT2D eigenvalue weighted by atomic mass is 9.91. The predicted octanol–water partition coefficient (Wildman–Crippen LogP) is 4.11. The van der Waals surface area contributed by atoms with Gasteiger partial charge in [-0.1, -0.05) is 30.3 Å². The highest BCUT2D eigenvalue weighted by Gasteiger charge is 2.32. The number of sulfonamides is 1. The molecule has 7 heteroatoms. The van der Waals surface area contributed by atoms with Gasteiger partial charge in [-0.05, 0) is 52.7 Å². The molecule has 5 nitrogen and oxygen atoms in total. The van der Waals surface area contributed by atoms with Gasteiger partial charge in [0.15, 0.2) is 0 Å². The lowest BCUT2D eigenvalue weighted by Crippen LogP contribution is -2.39. The van der Waals surface area contributed by atoms with Crippen LogP contribution in [0.4, 0.5) is 0 Å². The molecule has 1 fully saturated rings. The fraction of sp³-hybridized carbons (Fsp3) is 0.400. The molecule has 0 unspecified atom stereocenters. The number of piperidine rings is 1. The summed E-state index contributed by atoms with van der Waals surface area (Å²) in [5, 5.41) is 0. The van der Waals surface area contributed by atoms with Gasteiger partial charge in [-0.2, -0.15) is 4.31 Å². The smallest absolute Gasteiger partial charge is 0.246 e. The van der Waals surface area contributed by atoms with E-state index < -0.39 is 10.0 Å². The number of rotatable bonds is 6. The van der Waals surface area contributed by atoms with Crippen LogP contribution in [-0.2, 0) is 16.4 Å². The fourth-order valence-electron chi connectivity index (χ4n) is 3.47. The Morgan fingerprint density at radius 3 is 2.26 bits per heavy atom. The van der Waals surface area contributed by atoms with Crippen molar-refractivity contribution in [2.75, 3.05) is 27.3 Å². The summed E-state index contributed by atoms with van der Waals surface area (Å²) >= 11 is 3.37. The lowest BCUT2D eigenvalue weighted by Gasteiger charge is -2.31. The highest BCUT2D eigenvalue weighted by Crippen LogP contribution is 2.37. The molecule has 0 saturated carbocycles. The van der Waals surface area contributed by atoms with Crippen LogP contribution in [0.25, 0.3) is 0 Å². The van der Waals surface area contributed by atoms with Crippen molar-refractivity contribution in [1.29, 1.82) is 0 Å². The molecule has 0 atom stereocenters. The van der Waals surface area contributed by atoms with E-state index in [-0.39, 0.29) is 4.90 Å². The third-order valence-electron chi connectivity index (χ3n) is 5.00. The topological polar surface area (TPSA) is 55.8 Å². The van der Waals surface area contributed by atoms with E-state index in [1.54, 1.807) is 10.4 Å². The van der Waals surface area contributed by atoms with Crippen LogP contribution < -0.4 is 9.47 Å². The first-order valence-electron chi connectivity index (χ1n) is 8.91. The molecule has 0 amide bonds. The van der Waals surface area contributed by atoms with E-state index in [0.29, 0.717) is 35.0 Å². The van der Waals surface area contributed by atoms with Crippen molar-refractivity contribution in [3.05, 3.63) is 52.5 Å². The summed E-state index contributed by atoms with van der Waals surface area (Å²) in [5.74, 6) is 1.28. The van der Waals surface area contributed by atoms with Crippen LogP contribution in [0.5, 0.6) is 11.5 Å². The van der Waals surface area contributed by atoms with Gasteiger partial charge in [0.2, 0.25) is 10.0 Å². The summed E-state index contributed by atoms with van der Waals surface area (Å²) in [6, 6.07) is 13.5. The second-order valence-corrected chi connectivity index (χ2v) is 9.44. The summed E-state index contributed by atoms with van der Waals surface area (Å²) in [6.45, 7) is 1.03. The first-order chi connectivity index (χ1) is 13.0. The second kappa shape index (κ2) is 8.63. The Hall–Kier alpha value is -1.57. The maximum absolute atomic E-state index is 13.2. The van der Waals surface area contributed by atoms with Crippen LogP contribution in [-0.4, -0.2) is 40.0 Å². The zero-order valence-corrected chi connectivity index (χ0v) is 17.9. The van der Waals surface area contributed by atoms with E-state index in [4.69, 9.17) is 9.47 Å². The Morgan fingerprint density at radius 2 is 1.67 bits per heavy atom. The Balaban J connectivity index is 1.75. The van der Waals surface area contributed by atoms with Crippen molar-refractivity contribution in [3.8, 4) is 11.5 Å². The number of methoxy groups -OCH3 is 2. The van der Waals surface area contributed by atoms with Crippen molar-refractivity contribution >= 4 is 26.0 Å². The SMILES string of the molecule is COc1cc(S(=O)(=O)N2CCC(Cc3ccccc3)CC2)c(OC)cc1Br. The molecule has 2 aromatic rings. The summed E-state index contributed by atoms with van der Waals surface area (Å²) < 4.78 is 39.2. The van der Waals surface area contributed by atoms with Gasteiger partial charge in [-0.3, -0.25) is 0 Å². The molecule has 0 N–H and O–H groups in total. The second-order valence-electron chi connectivity index (χ2n) is 6.67. The van der Waals surface area contributed by atoms with E-state index in [2.05, 4.69) is 28.1 Å². The largest absolute Gasteiger partial charge is 0.496 e. The van der Waals surface area contributed by atoms with Crippen LogP contribution in [0, 0.1) is 5.92 Å². The standard InChI is InChI=1S/C20H24BrNO4S/c1-25-18-14-20(19(26-2)13-17(18)21)27(23,24)22-10-8-16(9-11-22)12-15-6-4-3-5-7-15/h3-7,13-14,16H,8-12H2,1-2H3. The molecule has 0 aliphatic carbocycles. The first-order valence-corrected chi connectivity index (χ1v) is 11.1. The number of ether oxygens (including phenoxy) is 2. The summed E-state index contributed by atoms with van der Waals surface area (Å²) in [5.41, 5.74) is 1.30. The minimum atomic E-state index is -3.64. The predicted molar refractivity (Wildman–Crippen MR) is 109 cm³/mol. The molecule has 0 bridgehead atoms. The van der Waals surface area contributed by atoms with Gasteiger partial charge < -0.3 is 9.47 Å². The molecule has 0 spiro atoms.